The largest absolute Gasteiger partial charge is 0.303 e. The van der Waals surface area contributed by atoms with E-state index in [1.165, 1.54) is 38.8 Å². The fraction of sp³-hybridized carbons (Fsp3) is 0.619. The number of H-pyrrole nitrogens is 1. The number of rotatable bonds is 6. The fourth-order valence-corrected chi connectivity index (χ4v) is 4.71. The van der Waals surface area contributed by atoms with Gasteiger partial charge in [-0.15, -0.1) is 0 Å². The summed E-state index contributed by atoms with van der Waals surface area (Å²) in [6.07, 6.45) is 10.7. The summed E-state index contributed by atoms with van der Waals surface area (Å²) in [5.41, 5.74) is 1.20. The van der Waals surface area contributed by atoms with E-state index in [0.717, 1.165) is 19.6 Å². The molecule has 0 spiro atoms. The second-order valence-electron chi connectivity index (χ2n) is 8.13. The van der Waals surface area contributed by atoms with Crippen LogP contribution < -0.4 is 0 Å². The SMILES string of the molecule is CC1CN(CCC(=O)c2cn[nH]c2-c2ncccn2)CCC1N1CCCCC1. The zero-order valence-electron chi connectivity index (χ0n) is 16.7. The summed E-state index contributed by atoms with van der Waals surface area (Å²) in [6.45, 7) is 7.86. The first-order chi connectivity index (χ1) is 13.7. The Morgan fingerprint density at radius 3 is 2.71 bits per heavy atom. The summed E-state index contributed by atoms with van der Waals surface area (Å²) < 4.78 is 0. The van der Waals surface area contributed by atoms with E-state index in [0.29, 0.717) is 35.5 Å². The molecule has 1 N–H and O–H groups in total. The average molecular weight is 383 g/mol. The van der Waals surface area contributed by atoms with E-state index in [2.05, 4.69) is 36.9 Å². The van der Waals surface area contributed by atoms with Gasteiger partial charge in [-0.1, -0.05) is 13.3 Å². The van der Waals surface area contributed by atoms with Crippen molar-refractivity contribution in [3.8, 4) is 11.5 Å². The molecular formula is C21H30N6O. The van der Waals surface area contributed by atoms with Gasteiger partial charge < -0.3 is 9.80 Å². The Labute approximate surface area is 166 Å². The normalized spacial score (nSPS) is 24.3. The molecule has 150 valence electrons. The van der Waals surface area contributed by atoms with Crippen LogP contribution in [0, 0.1) is 5.92 Å². The number of piperidine rings is 2. The Morgan fingerprint density at radius 2 is 1.96 bits per heavy atom. The van der Waals surface area contributed by atoms with Gasteiger partial charge in [-0.05, 0) is 50.9 Å². The van der Waals surface area contributed by atoms with Crippen LogP contribution in [0.4, 0.5) is 0 Å². The van der Waals surface area contributed by atoms with Crippen molar-refractivity contribution >= 4 is 5.78 Å². The molecule has 0 radical (unpaired) electrons. The second kappa shape index (κ2) is 8.92. The van der Waals surface area contributed by atoms with Crippen molar-refractivity contribution in [3.05, 3.63) is 30.2 Å². The molecule has 0 aliphatic carbocycles. The minimum absolute atomic E-state index is 0.0991. The summed E-state index contributed by atoms with van der Waals surface area (Å²) in [5, 5.41) is 6.92. The van der Waals surface area contributed by atoms with Crippen LogP contribution in [0.5, 0.6) is 0 Å². The third-order valence-corrected chi connectivity index (χ3v) is 6.19. The average Bonchev–Trinajstić information content (AvgIpc) is 3.23. The van der Waals surface area contributed by atoms with Crippen molar-refractivity contribution in [2.45, 2.75) is 45.1 Å². The molecule has 7 nitrogen and oxygen atoms in total. The maximum atomic E-state index is 12.8. The molecule has 2 aliphatic rings. The van der Waals surface area contributed by atoms with Crippen LogP contribution >= 0.6 is 0 Å². The molecule has 2 fully saturated rings. The molecule has 4 rings (SSSR count). The lowest BCUT2D eigenvalue weighted by molar-refractivity contribution is 0.0508. The lowest BCUT2D eigenvalue weighted by Gasteiger charge is -2.44. The quantitative estimate of drug-likeness (QED) is 0.774. The molecule has 0 saturated carbocycles. The minimum Gasteiger partial charge on any atom is -0.303 e. The van der Waals surface area contributed by atoms with Crippen LogP contribution in [0.3, 0.4) is 0 Å². The number of Topliss-reactive ketones (excluding diaryl/α,β-unsaturated/α-hetero) is 1. The highest BCUT2D eigenvalue weighted by Crippen LogP contribution is 2.25. The first-order valence-electron chi connectivity index (χ1n) is 10.5. The van der Waals surface area contributed by atoms with Gasteiger partial charge in [0.05, 0.1) is 11.8 Å². The number of carbonyl (C=O) groups is 1. The minimum atomic E-state index is 0.0991. The molecule has 2 aromatic heterocycles. The first-order valence-corrected chi connectivity index (χ1v) is 10.5. The van der Waals surface area contributed by atoms with Gasteiger partial charge >= 0.3 is 0 Å². The van der Waals surface area contributed by atoms with Crippen LogP contribution in [0.1, 0.15) is 49.4 Å². The number of hydrogen-bond donors (Lipinski definition) is 1. The Bertz CT molecular complexity index is 770. The van der Waals surface area contributed by atoms with Crippen LogP contribution in [-0.4, -0.2) is 74.5 Å². The number of nitrogens with zero attached hydrogens (tertiary/aromatic N) is 5. The Kier molecular flexibility index (Phi) is 6.12. The highest BCUT2D eigenvalue weighted by molar-refractivity contribution is 6.00. The molecule has 2 aliphatic heterocycles. The van der Waals surface area contributed by atoms with E-state index in [1.54, 1.807) is 24.7 Å². The Morgan fingerprint density at radius 1 is 1.18 bits per heavy atom. The number of nitrogens with one attached hydrogen (secondary N) is 1. The first kappa shape index (κ1) is 19.2. The number of ketones is 1. The molecule has 7 heteroatoms. The number of aromatic nitrogens is 4. The maximum absolute atomic E-state index is 12.8. The van der Waals surface area contributed by atoms with E-state index in [9.17, 15) is 4.79 Å². The zero-order chi connectivity index (χ0) is 19.3. The lowest BCUT2D eigenvalue weighted by atomic mass is 9.90. The van der Waals surface area contributed by atoms with E-state index in [4.69, 9.17) is 0 Å². The molecule has 28 heavy (non-hydrogen) atoms. The van der Waals surface area contributed by atoms with E-state index >= 15 is 0 Å². The third-order valence-electron chi connectivity index (χ3n) is 6.19. The summed E-state index contributed by atoms with van der Waals surface area (Å²) >= 11 is 0. The molecule has 0 aromatic carbocycles. The molecule has 2 aromatic rings. The zero-order valence-corrected chi connectivity index (χ0v) is 16.7. The summed E-state index contributed by atoms with van der Waals surface area (Å²) in [6, 6.07) is 2.47. The van der Waals surface area contributed by atoms with Gasteiger partial charge in [0.2, 0.25) is 0 Å². The van der Waals surface area contributed by atoms with Gasteiger partial charge in [0, 0.05) is 37.9 Å². The molecule has 2 unspecified atom stereocenters. The van der Waals surface area contributed by atoms with Gasteiger partial charge in [0.15, 0.2) is 11.6 Å². The predicted molar refractivity (Wildman–Crippen MR) is 108 cm³/mol. The van der Waals surface area contributed by atoms with Gasteiger partial charge in [0.1, 0.15) is 5.69 Å². The fourth-order valence-electron chi connectivity index (χ4n) is 4.71. The Balaban J connectivity index is 1.31. The summed E-state index contributed by atoms with van der Waals surface area (Å²) in [5.74, 6) is 1.27. The highest BCUT2D eigenvalue weighted by atomic mass is 16.1. The van der Waals surface area contributed by atoms with Crippen LogP contribution in [-0.2, 0) is 0 Å². The van der Waals surface area contributed by atoms with Crippen molar-refractivity contribution in [2.75, 3.05) is 32.7 Å². The third kappa shape index (κ3) is 4.31. The lowest BCUT2D eigenvalue weighted by Crippen LogP contribution is -2.51. The van der Waals surface area contributed by atoms with E-state index < -0.39 is 0 Å². The van der Waals surface area contributed by atoms with Crippen molar-refractivity contribution in [3.63, 3.8) is 0 Å². The second-order valence-corrected chi connectivity index (χ2v) is 8.13. The predicted octanol–water partition coefficient (Wildman–Crippen LogP) is 2.64. The number of likely N-dealkylation sites (tertiary alicyclic amines) is 2. The van der Waals surface area contributed by atoms with Crippen LogP contribution in [0.15, 0.2) is 24.7 Å². The molecule has 2 saturated heterocycles. The molecule has 4 heterocycles. The number of carbonyl (C=O) groups excluding carboxylic acids is 1. The molecule has 2 atom stereocenters. The van der Waals surface area contributed by atoms with Gasteiger partial charge in [-0.3, -0.25) is 9.89 Å². The monoisotopic (exact) mass is 382 g/mol. The van der Waals surface area contributed by atoms with Gasteiger partial charge in [-0.25, -0.2) is 9.97 Å². The van der Waals surface area contributed by atoms with Crippen molar-refractivity contribution < 1.29 is 4.79 Å². The molecule has 0 bridgehead atoms. The van der Waals surface area contributed by atoms with Gasteiger partial charge in [0.25, 0.3) is 0 Å². The standard InChI is InChI=1S/C21H30N6O/c1-16-15-26(12-6-18(16)27-10-3-2-4-11-27)13-7-19(28)17-14-24-25-20(17)21-22-8-5-9-23-21/h5,8-9,14,16,18H,2-4,6-7,10-13,15H2,1H3,(H,24,25). The smallest absolute Gasteiger partial charge is 0.178 e. The van der Waals surface area contributed by atoms with Crippen molar-refractivity contribution in [1.29, 1.82) is 0 Å². The van der Waals surface area contributed by atoms with Crippen molar-refractivity contribution in [1.82, 2.24) is 30.0 Å². The highest BCUT2D eigenvalue weighted by Gasteiger charge is 2.31. The van der Waals surface area contributed by atoms with Gasteiger partial charge in [-0.2, -0.15) is 5.10 Å². The molecule has 0 amide bonds. The number of hydrogen-bond acceptors (Lipinski definition) is 6. The summed E-state index contributed by atoms with van der Waals surface area (Å²) in [7, 11) is 0. The maximum Gasteiger partial charge on any atom is 0.178 e. The van der Waals surface area contributed by atoms with E-state index in [-0.39, 0.29) is 5.78 Å². The molecular weight excluding hydrogens is 352 g/mol. The number of aromatic amines is 1. The Hall–Kier alpha value is -2.12. The van der Waals surface area contributed by atoms with E-state index in [1.807, 2.05) is 0 Å². The topological polar surface area (TPSA) is 78.0 Å². The van der Waals surface area contributed by atoms with Crippen LogP contribution in [0.2, 0.25) is 0 Å². The summed E-state index contributed by atoms with van der Waals surface area (Å²) in [4.78, 5) is 26.4. The van der Waals surface area contributed by atoms with Crippen molar-refractivity contribution in [2.24, 2.45) is 5.92 Å². The van der Waals surface area contributed by atoms with Crippen LogP contribution in [0.25, 0.3) is 11.5 Å².